The Kier molecular flexibility index (Phi) is 4.52. The maximum Gasteiger partial charge on any atom is 0.305 e. The van der Waals surface area contributed by atoms with Crippen LogP contribution in [0.5, 0.6) is 5.75 Å². The topological polar surface area (TPSA) is 86.6 Å². The van der Waals surface area contributed by atoms with E-state index in [1.165, 1.54) is 6.07 Å². The summed E-state index contributed by atoms with van der Waals surface area (Å²) < 4.78 is 0.837. The van der Waals surface area contributed by atoms with Gasteiger partial charge in [-0.15, -0.1) is 0 Å². The number of carbonyl (C=O) groups is 2. The highest BCUT2D eigenvalue weighted by atomic mass is 127. The maximum absolute atomic E-state index is 12.3. The third kappa shape index (κ3) is 3.41. The van der Waals surface area contributed by atoms with Crippen LogP contribution in [0.3, 0.4) is 0 Å². The van der Waals surface area contributed by atoms with Crippen LogP contribution in [0.2, 0.25) is 0 Å². The number of aromatic hydroxyl groups is 1. The number of halogens is 1. The van der Waals surface area contributed by atoms with E-state index in [2.05, 4.69) is 27.9 Å². The van der Waals surface area contributed by atoms with Crippen molar-refractivity contribution in [2.75, 3.05) is 0 Å². The largest absolute Gasteiger partial charge is 0.507 e. The molecule has 0 aliphatic heterocycles. The van der Waals surface area contributed by atoms with E-state index in [-0.39, 0.29) is 17.7 Å². The molecule has 0 aromatic heterocycles. The van der Waals surface area contributed by atoms with E-state index in [1.807, 2.05) is 0 Å². The molecule has 1 aromatic rings. The Morgan fingerprint density at radius 2 is 1.95 bits per heavy atom. The molecule has 2 rings (SSSR count). The molecule has 5 nitrogen and oxygen atoms in total. The molecule has 0 atom stereocenters. The van der Waals surface area contributed by atoms with Gasteiger partial charge >= 0.3 is 5.97 Å². The van der Waals surface area contributed by atoms with Crippen LogP contribution in [0.25, 0.3) is 0 Å². The summed E-state index contributed by atoms with van der Waals surface area (Å²) in [5.74, 6) is -1.42. The number of carboxylic acid groups (broad SMARTS) is 1. The van der Waals surface area contributed by atoms with Gasteiger partial charge in [0.25, 0.3) is 5.91 Å². The second kappa shape index (κ2) is 5.99. The molecule has 0 saturated heterocycles. The zero-order chi connectivity index (χ0) is 14.8. The highest BCUT2D eigenvalue weighted by molar-refractivity contribution is 14.1. The van der Waals surface area contributed by atoms with Crippen molar-refractivity contribution in [3.63, 3.8) is 0 Å². The predicted octanol–water partition coefficient (Wildman–Crippen LogP) is 2.51. The summed E-state index contributed by atoms with van der Waals surface area (Å²) in [5, 5.41) is 21.6. The van der Waals surface area contributed by atoms with Gasteiger partial charge in [0.1, 0.15) is 5.75 Å². The van der Waals surface area contributed by atoms with E-state index in [1.54, 1.807) is 12.1 Å². The smallest absolute Gasteiger partial charge is 0.305 e. The zero-order valence-electron chi connectivity index (χ0n) is 10.9. The Morgan fingerprint density at radius 1 is 1.30 bits per heavy atom. The van der Waals surface area contributed by atoms with Crippen molar-refractivity contribution in [1.82, 2.24) is 5.32 Å². The van der Waals surface area contributed by atoms with Crippen LogP contribution < -0.4 is 5.32 Å². The summed E-state index contributed by atoms with van der Waals surface area (Å²) in [5.41, 5.74) is -0.495. The fraction of sp³-hybridized carbons (Fsp3) is 0.429. The fourth-order valence-corrected chi connectivity index (χ4v) is 3.18. The standard InChI is InChI=1S/C14H16INO4/c15-9-3-4-11(17)10(7-9)13(20)16-14(8-12(18)19)5-1-2-6-14/h3-4,7,17H,1-2,5-6,8H2,(H,16,20)(H,18,19). The lowest BCUT2D eigenvalue weighted by Crippen LogP contribution is -2.47. The van der Waals surface area contributed by atoms with Crippen molar-refractivity contribution < 1.29 is 19.8 Å². The number of carbonyl (C=O) groups excluding carboxylic acids is 1. The molecular weight excluding hydrogens is 373 g/mol. The number of hydrogen-bond donors (Lipinski definition) is 3. The molecule has 1 saturated carbocycles. The monoisotopic (exact) mass is 389 g/mol. The van der Waals surface area contributed by atoms with Gasteiger partial charge in [-0.3, -0.25) is 9.59 Å². The first-order chi connectivity index (χ1) is 9.42. The molecule has 1 fully saturated rings. The van der Waals surface area contributed by atoms with E-state index in [0.717, 1.165) is 16.4 Å². The van der Waals surface area contributed by atoms with Gasteiger partial charge in [-0.05, 0) is 53.6 Å². The average Bonchev–Trinajstić information content (AvgIpc) is 2.79. The van der Waals surface area contributed by atoms with Crippen molar-refractivity contribution in [1.29, 1.82) is 0 Å². The van der Waals surface area contributed by atoms with Crippen molar-refractivity contribution in [3.8, 4) is 5.75 Å². The minimum Gasteiger partial charge on any atom is -0.507 e. The first-order valence-corrected chi connectivity index (χ1v) is 7.53. The van der Waals surface area contributed by atoms with Gasteiger partial charge in [0.2, 0.25) is 0 Å². The van der Waals surface area contributed by atoms with E-state index in [4.69, 9.17) is 5.11 Å². The van der Waals surface area contributed by atoms with Gasteiger partial charge in [0.05, 0.1) is 17.5 Å². The average molecular weight is 389 g/mol. The van der Waals surface area contributed by atoms with Crippen molar-refractivity contribution >= 4 is 34.5 Å². The van der Waals surface area contributed by atoms with Crippen LogP contribution in [-0.2, 0) is 4.79 Å². The number of aliphatic carboxylic acids is 1. The first-order valence-electron chi connectivity index (χ1n) is 6.45. The Balaban J connectivity index is 2.20. The predicted molar refractivity (Wildman–Crippen MR) is 81.7 cm³/mol. The van der Waals surface area contributed by atoms with Gasteiger partial charge in [-0.2, -0.15) is 0 Å². The number of rotatable bonds is 4. The highest BCUT2D eigenvalue weighted by Crippen LogP contribution is 2.33. The molecule has 20 heavy (non-hydrogen) atoms. The number of amides is 1. The molecule has 0 spiro atoms. The SMILES string of the molecule is O=C(O)CC1(NC(=O)c2cc(I)ccc2O)CCCC1. The molecule has 0 radical (unpaired) electrons. The Hall–Kier alpha value is -1.31. The number of benzene rings is 1. The van der Waals surface area contributed by atoms with Crippen LogP contribution in [0.1, 0.15) is 42.5 Å². The Morgan fingerprint density at radius 3 is 2.55 bits per heavy atom. The van der Waals surface area contributed by atoms with Gasteiger partial charge in [-0.1, -0.05) is 12.8 Å². The van der Waals surface area contributed by atoms with Crippen LogP contribution in [0.15, 0.2) is 18.2 Å². The lowest BCUT2D eigenvalue weighted by molar-refractivity contribution is -0.138. The summed E-state index contributed by atoms with van der Waals surface area (Å²) in [7, 11) is 0. The van der Waals surface area contributed by atoms with Crippen LogP contribution in [0.4, 0.5) is 0 Å². The van der Waals surface area contributed by atoms with Crippen molar-refractivity contribution in [2.24, 2.45) is 0 Å². The molecule has 1 aliphatic carbocycles. The van der Waals surface area contributed by atoms with E-state index in [9.17, 15) is 14.7 Å². The second-order valence-electron chi connectivity index (χ2n) is 5.17. The van der Waals surface area contributed by atoms with Crippen molar-refractivity contribution in [3.05, 3.63) is 27.3 Å². The number of phenols is 1. The first kappa shape index (κ1) is 15.1. The van der Waals surface area contributed by atoms with Gasteiger partial charge in [0.15, 0.2) is 0 Å². The van der Waals surface area contributed by atoms with Crippen LogP contribution in [-0.4, -0.2) is 27.6 Å². The summed E-state index contributed by atoms with van der Waals surface area (Å²) in [6.07, 6.45) is 3.06. The molecular formula is C14H16INO4. The quantitative estimate of drug-likeness (QED) is 0.691. The summed E-state index contributed by atoms with van der Waals surface area (Å²) in [6, 6.07) is 4.76. The minimum atomic E-state index is -0.918. The Labute approximate surface area is 130 Å². The number of phenolic OH excluding ortho intramolecular Hbond substituents is 1. The zero-order valence-corrected chi connectivity index (χ0v) is 13.0. The lowest BCUT2D eigenvalue weighted by Gasteiger charge is -2.28. The molecule has 108 valence electrons. The maximum atomic E-state index is 12.3. The highest BCUT2D eigenvalue weighted by Gasteiger charge is 2.37. The Bertz CT molecular complexity index is 538. The molecule has 1 aromatic carbocycles. The van der Waals surface area contributed by atoms with E-state index >= 15 is 0 Å². The van der Waals surface area contributed by atoms with Crippen molar-refractivity contribution in [2.45, 2.75) is 37.6 Å². The third-order valence-electron chi connectivity index (χ3n) is 3.63. The van der Waals surface area contributed by atoms with E-state index in [0.29, 0.717) is 12.8 Å². The minimum absolute atomic E-state index is 0.0799. The number of nitrogens with one attached hydrogen (secondary N) is 1. The molecule has 0 unspecified atom stereocenters. The van der Waals surface area contributed by atoms with E-state index < -0.39 is 17.4 Å². The fourth-order valence-electron chi connectivity index (χ4n) is 2.69. The van der Waals surface area contributed by atoms with Gasteiger partial charge in [0, 0.05) is 3.57 Å². The van der Waals surface area contributed by atoms with Crippen LogP contribution in [0, 0.1) is 3.57 Å². The molecule has 1 aliphatic rings. The summed E-state index contributed by atoms with van der Waals surface area (Å²) >= 11 is 2.06. The molecule has 0 heterocycles. The van der Waals surface area contributed by atoms with Gasteiger partial charge in [-0.25, -0.2) is 0 Å². The molecule has 3 N–H and O–H groups in total. The normalized spacial score (nSPS) is 16.9. The number of hydrogen-bond acceptors (Lipinski definition) is 3. The third-order valence-corrected chi connectivity index (χ3v) is 4.30. The molecule has 0 bridgehead atoms. The number of carboxylic acids is 1. The summed E-state index contributed by atoms with van der Waals surface area (Å²) in [6.45, 7) is 0. The molecule has 6 heteroatoms. The van der Waals surface area contributed by atoms with Gasteiger partial charge < -0.3 is 15.5 Å². The summed E-state index contributed by atoms with van der Waals surface area (Å²) in [4.78, 5) is 23.3. The van der Waals surface area contributed by atoms with Crippen LogP contribution >= 0.6 is 22.6 Å². The molecule has 1 amide bonds. The second-order valence-corrected chi connectivity index (χ2v) is 6.42. The lowest BCUT2D eigenvalue weighted by atomic mass is 9.92.